The SMILES string of the molecule is CCC(C)[C@H](c1cc(OC)ccc1F)N1CCNCC1.Cl.Cl. The molecule has 1 aliphatic heterocycles. The molecule has 0 aromatic heterocycles. The summed E-state index contributed by atoms with van der Waals surface area (Å²) in [7, 11) is 1.63. The van der Waals surface area contributed by atoms with Crippen molar-refractivity contribution in [3.8, 4) is 5.75 Å². The van der Waals surface area contributed by atoms with E-state index < -0.39 is 0 Å². The highest BCUT2D eigenvalue weighted by atomic mass is 35.5. The standard InChI is InChI=1S/C16H25FN2O.2ClH/c1-4-12(2)16(19-9-7-18-8-10-19)14-11-13(20-3)5-6-15(14)17;;/h5-6,11-12,16,18H,4,7-10H2,1-3H3;2*1H/t12?,16-;;/m1../s1. The Bertz CT molecular complexity index is 442. The minimum atomic E-state index is -0.130. The molecule has 1 unspecified atom stereocenters. The summed E-state index contributed by atoms with van der Waals surface area (Å²) in [6.45, 7) is 8.23. The fourth-order valence-electron chi connectivity index (χ4n) is 2.92. The van der Waals surface area contributed by atoms with Gasteiger partial charge in [0.25, 0.3) is 0 Å². The van der Waals surface area contributed by atoms with Crippen LogP contribution in [-0.2, 0) is 0 Å². The molecular formula is C16H27Cl2FN2O. The van der Waals surface area contributed by atoms with E-state index in [1.165, 1.54) is 6.07 Å². The molecule has 1 N–H and O–H groups in total. The molecule has 6 heteroatoms. The second-order valence-corrected chi connectivity index (χ2v) is 5.50. The number of ether oxygens (including phenoxy) is 1. The van der Waals surface area contributed by atoms with Gasteiger partial charge in [0, 0.05) is 37.8 Å². The maximum atomic E-state index is 14.3. The average molecular weight is 353 g/mol. The van der Waals surface area contributed by atoms with Crippen LogP contribution >= 0.6 is 24.8 Å². The van der Waals surface area contributed by atoms with Crippen LogP contribution in [0, 0.1) is 11.7 Å². The van der Waals surface area contributed by atoms with Gasteiger partial charge in [0.05, 0.1) is 7.11 Å². The Morgan fingerprint density at radius 3 is 2.45 bits per heavy atom. The van der Waals surface area contributed by atoms with E-state index in [2.05, 4.69) is 24.1 Å². The highest BCUT2D eigenvalue weighted by Crippen LogP contribution is 2.34. The van der Waals surface area contributed by atoms with Gasteiger partial charge in [-0.05, 0) is 24.1 Å². The Morgan fingerprint density at radius 2 is 1.91 bits per heavy atom. The number of nitrogens with zero attached hydrogens (tertiary/aromatic N) is 1. The highest BCUT2D eigenvalue weighted by molar-refractivity contribution is 5.85. The number of methoxy groups -OCH3 is 1. The van der Waals surface area contributed by atoms with E-state index in [4.69, 9.17) is 4.74 Å². The van der Waals surface area contributed by atoms with Crippen molar-refractivity contribution in [1.82, 2.24) is 10.2 Å². The molecule has 1 heterocycles. The molecule has 1 aliphatic rings. The topological polar surface area (TPSA) is 24.5 Å². The normalized spacial score (nSPS) is 17.8. The largest absolute Gasteiger partial charge is 0.497 e. The molecule has 0 aliphatic carbocycles. The van der Waals surface area contributed by atoms with Crippen LogP contribution in [-0.4, -0.2) is 38.2 Å². The minimum Gasteiger partial charge on any atom is -0.497 e. The summed E-state index contributed by atoms with van der Waals surface area (Å²) in [4.78, 5) is 2.39. The average Bonchev–Trinajstić information content (AvgIpc) is 2.50. The molecule has 0 amide bonds. The van der Waals surface area contributed by atoms with E-state index >= 15 is 0 Å². The smallest absolute Gasteiger partial charge is 0.128 e. The molecule has 2 atom stereocenters. The number of piperazine rings is 1. The van der Waals surface area contributed by atoms with E-state index in [0.29, 0.717) is 5.92 Å². The molecule has 1 aromatic rings. The number of rotatable bonds is 5. The summed E-state index contributed by atoms with van der Waals surface area (Å²) in [5.74, 6) is 1.01. The van der Waals surface area contributed by atoms with Crippen molar-refractivity contribution in [2.45, 2.75) is 26.3 Å². The lowest BCUT2D eigenvalue weighted by atomic mass is 9.90. The zero-order chi connectivity index (χ0) is 14.5. The first-order chi connectivity index (χ1) is 9.67. The van der Waals surface area contributed by atoms with E-state index in [0.717, 1.165) is 43.9 Å². The third kappa shape index (κ3) is 4.98. The minimum absolute atomic E-state index is 0. The van der Waals surface area contributed by atoms with Crippen molar-refractivity contribution in [3.05, 3.63) is 29.6 Å². The molecule has 0 saturated carbocycles. The molecule has 1 fully saturated rings. The predicted molar refractivity (Wildman–Crippen MR) is 94.1 cm³/mol. The lowest BCUT2D eigenvalue weighted by Crippen LogP contribution is -2.46. The molecule has 0 bridgehead atoms. The first kappa shape index (κ1) is 21.4. The molecule has 0 radical (unpaired) electrons. The number of hydrogen-bond acceptors (Lipinski definition) is 3. The van der Waals surface area contributed by atoms with Crippen LogP contribution in [0.15, 0.2) is 18.2 Å². The van der Waals surface area contributed by atoms with E-state index in [-0.39, 0.29) is 36.7 Å². The first-order valence-electron chi connectivity index (χ1n) is 7.45. The summed E-state index contributed by atoms with van der Waals surface area (Å²) < 4.78 is 19.6. The molecular weight excluding hydrogens is 326 g/mol. The Balaban J connectivity index is 0.00000220. The third-order valence-corrected chi connectivity index (χ3v) is 4.25. The van der Waals surface area contributed by atoms with Crippen LogP contribution in [0.4, 0.5) is 4.39 Å². The quantitative estimate of drug-likeness (QED) is 0.874. The van der Waals surface area contributed by atoms with Crippen molar-refractivity contribution >= 4 is 24.8 Å². The lowest BCUT2D eigenvalue weighted by Gasteiger charge is -2.38. The van der Waals surface area contributed by atoms with Gasteiger partial charge in [-0.2, -0.15) is 0 Å². The van der Waals surface area contributed by atoms with Crippen molar-refractivity contribution in [3.63, 3.8) is 0 Å². The summed E-state index contributed by atoms with van der Waals surface area (Å²) in [5.41, 5.74) is 0.764. The molecule has 1 saturated heterocycles. The zero-order valence-corrected chi connectivity index (χ0v) is 15.1. The van der Waals surface area contributed by atoms with Crippen LogP contribution < -0.4 is 10.1 Å². The molecule has 0 spiro atoms. The van der Waals surface area contributed by atoms with Gasteiger partial charge < -0.3 is 10.1 Å². The second-order valence-electron chi connectivity index (χ2n) is 5.50. The van der Waals surface area contributed by atoms with Crippen LogP contribution in [0.3, 0.4) is 0 Å². The van der Waals surface area contributed by atoms with Gasteiger partial charge in [0.15, 0.2) is 0 Å². The van der Waals surface area contributed by atoms with Crippen LogP contribution in [0.5, 0.6) is 5.75 Å². The van der Waals surface area contributed by atoms with Crippen LogP contribution in [0.1, 0.15) is 31.9 Å². The highest BCUT2D eigenvalue weighted by Gasteiger charge is 2.28. The molecule has 22 heavy (non-hydrogen) atoms. The second kappa shape index (κ2) is 10.3. The van der Waals surface area contributed by atoms with Crippen molar-refractivity contribution in [2.24, 2.45) is 5.92 Å². The van der Waals surface area contributed by atoms with Crippen molar-refractivity contribution in [1.29, 1.82) is 0 Å². The van der Waals surface area contributed by atoms with Gasteiger partial charge in [-0.3, -0.25) is 4.90 Å². The van der Waals surface area contributed by atoms with Gasteiger partial charge in [0.1, 0.15) is 11.6 Å². The summed E-state index contributed by atoms with van der Waals surface area (Å²) in [6, 6.07) is 5.18. The Morgan fingerprint density at radius 1 is 1.27 bits per heavy atom. The van der Waals surface area contributed by atoms with Gasteiger partial charge in [0.2, 0.25) is 0 Å². The summed E-state index contributed by atoms with van der Waals surface area (Å²) in [5, 5.41) is 3.36. The third-order valence-electron chi connectivity index (χ3n) is 4.25. The van der Waals surface area contributed by atoms with Gasteiger partial charge >= 0.3 is 0 Å². The van der Waals surface area contributed by atoms with Crippen LogP contribution in [0.25, 0.3) is 0 Å². The number of halogens is 3. The zero-order valence-electron chi connectivity index (χ0n) is 13.5. The monoisotopic (exact) mass is 352 g/mol. The van der Waals surface area contributed by atoms with Gasteiger partial charge in [-0.15, -0.1) is 24.8 Å². The Kier molecular flexibility index (Phi) is 10.0. The summed E-state index contributed by atoms with van der Waals surface area (Å²) >= 11 is 0. The fraction of sp³-hybridized carbons (Fsp3) is 0.625. The van der Waals surface area contributed by atoms with Crippen molar-refractivity contribution in [2.75, 3.05) is 33.3 Å². The number of benzene rings is 1. The maximum absolute atomic E-state index is 14.3. The van der Waals surface area contributed by atoms with Crippen LogP contribution in [0.2, 0.25) is 0 Å². The van der Waals surface area contributed by atoms with E-state index in [1.54, 1.807) is 13.2 Å². The number of nitrogens with one attached hydrogen (secondary N) is 1. The summed E-state index contributed by atoms with van der Waals surface area (Å²) in [6.07, 6.45) is 1.03. The first-order valence-corrected chi connectivity index (χ1v) is 7.45. The Labute approximate surface area is 145 Å². The molecule has 3 nitrogen and oxygen atoms in total. The molecule has 1 aromatic carbocycles. The Hall–Kier alpha value is -0.550. The predicted octanol–water partition coefficient (Wildman–Crippen LogP) is 3.67. The van der Waals surface area contributed by atoms with Crippen molar-refractivity contribution < 1.29 is 9.13 Å². The van der Waals surface area contributed by atoms with Gasteiger partial charge in [-0.25, -0.2) is 4.39 Å². The fourth-order valence-corrected chi connectivity index (χ4v) is 2.92. The maximum Gasteiger partial charge on any atom is 0.128 e. The molecule has 2 rings (SSSR count). The number of hydrogen-bond donors (Lipinski definition) is 1. The van der Waals surface area contributed by atoms with E-state index in [1.807, 2.05) is 6.07 Å². The molecule has 128 valence electrons. The lowest BCUT2D eigenvalue weighted by molar-refractivity contribution is 0.125. The van der Waals surface area contributed by atoms with E-state index in [9.17, 15) is 4.39 Å². The van der Waals surface area contributed by atoms with Gasteiger partial charge in [-0.1, -0.05) is 20.3 Å².